The highest BCUT2D eigenvalue weighted by Gasteiger charge is 2.17. The first-order valence-corrected chi connectivity index (χ1v) is 9.68. The Bertz CT molecular complexity index is 612. The van der Waals surface area contributed by atoms with E-state index in [4.69, 9.17) is 4.74 Å². The van der Waals surface area contributed by atoms with E-state index in [0.717, 1.165) is 42.6 Å². The van der Waals surface area contributed by atoms with E-state index in [0.29, 0.717) is 5.92 Å². The lowest BCUT2D eigenvalue weighted by Crippen LogP contribution is -3.11. The maximum absolute atomic E-state index is 12.2. The van der Waals surface area contributed by atoms with Gasteiger partial charge in [-0.25, -0.2) is 0 Å². The highest BCUT2D eigenvalue weighted by molar-refractivity contribution is 5.91. The van der Waals surface area contributed by atoms with Gasteiger partial charge in [-0.05, 0) is 37.1 Å². The Morgan fingerprint density at radius 1 is 1.07 bits per heavy atom. The molecule has 0 aliphatic carbocycles. The summed E-state index contributed by atoms with van der Waals surface area (Å²) in [5.74, 6) is 0.255. The number of rotatable bonds is 8. The first-order valence-electron chi connectivity index (χ1n) is 9.68. The molecule has 1 aliphatic rings. The van der Waals surface area contributed by atoms with E-state index in [1.54, 1.807) is 0 Å². The molecule has 0 radical (unpaired) electrons. The molecule has 0 bridgehead atoms. The molecule has 150 valence electrons. The average molecular weight is 378 g/mol. The maximum Gasteiger partial charge on any atom is 0.279 e. The zero-order chi connectivity index (χ0) is 19.8. The number of quaternary nitrogens is 1. The van der Waals surface area contributed by atoms with Crippen LogP contribution >= 0.6 is 0 Å². The largest absolute Gasteiger partial charge is 0.378 e. The van der Waals surface area contributed by atoms with Crippen LogP contribution in [0.3, 0.4) is 0 Å². The first kappa shape index (κ1) is 21.2. The van der Waals surface area contributed by atoms with Gasteiger partial charge in [0.25, 0.3) is 11.8 Å². The fourth-order valence-corrected chi connectivity index (χ4v) is 2.86. The van der Waals surface area contributed by atoms with E-state index in [-0.39, 0.29) is 30.9 Å². The number of carbonyl (C=O) groups excluding carboxylic acids is 2. The third-order valence-corrected chi connectivity index (χ3v) is 4.84. The van der Waals surface area contributed by atoms with E-state index < -0.39 is 0 Å². The van der Waals surface area contributed by atoms with Crippen molar-refractivity contribution in [2.75, 3.05) is 56.7 Å². The van der Waals surface area contributed by atoms with Crippen LogP contribution in [0.2, 0.25) is 0 Å². The summed E-state index contributed by atoms with van der Waals surface area (Å²) in [4.78, 5) is 27.4. The lowest BCUT2D eigenvalue weighted by Gasteiger charge is -2.28. The van der Waals surface area contributed by atoms with Crippen molar-refractivity contribution < 1.29 is 19.2 Å². The van der Waals surface area contributed by atoms with Gasteiger partial charge in [0, 0.05) is 30.5 Å². The SMILES string of the molecule is CC(C)[C@H](C)NC(=O)C[NH+](C)CC(=O)Nc1ccc(N2CCOCC2)cc1. The number of nitrogens with zero attached hydrogens (tertiary/aromatic N) is 1. The Balaban J connectivity index is 1.76. The smallest absolute Gasteiger partial charge is 0.279 e. The van der Waals surface area contributed by atoms with Gasteiger partial charge in [-0.2, -0.15) is 0 Å². The van der Waals surface area contributed by atoms with Crippen LogP contribution in [0.4, 0.5) is 11.4 Å². The van der Waals surface area contributed by atoms with Crippen LogP contribution < -0.4 is 20.4 Å². The molecule has 0 aromatic heterocycles. The molecule has 7 nitrogen and oxygen atoms in total. The second-order valence-corrected chi connectivity index (χ2v) is 7.61. The molecule has 27 heavy (non-hydrogen) atoms. The maximum atomic E-state index is 12.2. The van der Waals surface area contributed by atoms with E-state index >= 15 is 0 Å². The first-order chi connectivity index (χ1) is 12.8. The molecule has 1 aromatic rings. The molecular weight excluding hydrogens is 344 g/mol. The monoisotopic (exact) mass is 377 g/mol. The summed E-state index contributed by atoms with van der Waals surface area (Å²) in [7, 11) is 1.85. The van der Waals surface area contributed by atoms with Crippen LogP contribution in [-0.2, 0) is 14.3 Å². The van der Waals surface area contributed by atoms with Crippen molar-refractivity contribution >= 4 is 23.2 Å². The number of likely N-dealkylation sites (N-methyl/N-ethyl adjacent to an activating group) is 1. The normalized spacial score (nSPS) is 16.7. The molecule has 0 spiro atoms. The van der Waals surface area contributed by atoms with Crippen LogP contribution in [-0.4, -0.2) is 64.3 Å². The third kappa shape index (κ3) is 7.19. The molecule has 0 saturated carbocycles. The number of hydrogen-bond donors (Lipinski definition) is 3. The highest BCUT2D eigenvalue weighted by atomic mass is 16.5. The predicted molar refractivity (Wildman–Crippen MR) is 107 cm³/mol. The third-order valence-electron chi connectivity index (χ3n) is 4.84. The molecule has 1 heterocycles. The standard InChI is InChI=1S/C20H32N4O3/c1-15(2)16(3)21-19(25)13-23(4)14-20(26)22-17-5-7-18(8-6-17)24-9-11-27-12-10-24/h5-8,15-16H,9-14H2,1-4H3,(H,21,25)(H,22,26)/p+1/t16-/m0/s1. The van der Waals surface area contributed by atoms with Crippen molar-refractivity contribution in [2.24, 2.45) is 5.92 Å². The van der Waals surface area contributed by atoms with E-state index in [9.17, 15) is 9.59 Å². The second-order valence-electron chi connectivity index (χ2n) is 7.61. The molecule has 1 fully saturated rings. The van der Waals surface area contributed by atoms with Gasteiger partial charge in [-0.15, -0.1) is 0 Å². The highest BCUT2D eigenvalue weighted by Crippen LogP contribution is 2.18. The van der Waals surface area contributed by atoms with Gasteiger partial charge in [0.2, 0.25) is 0 Å². The fourth-order valence-electron chi connectivity index (χ4n) is 2.86. The van der Waals surface area contributed by atoms with Crippen molar-refractivity contribution in [1.82, 2.24) is 5.32 Å². The molecule has 7 heteroatoms. The van der Waals surface area contributed by atoms with Crippen molar-refractivity contribution in [3.05, 3.63) is 24.3 Å². The Kier molecular flexibility index (Phi) is 8.06. The predicted octanol–water partition coefficient (Wildman–Crippen LogP) is 0.137. The van der Waals surface area contributed by atoms with Crippen LogP contribution in [0.15, 0.2) is 24.3 Å². The lowest BCUT2D eigenvalue weighted by atomic mass is 10.1. The van der Waals surface area contributed by atoms with Crippen LogP contribution in [0.1, 0.15) is 20.8 Å². The van der Waals surface area contributed by atoms with Gasteiger partial charge in [-0.1, -0.05) is 13.8 Å². The summed E-state index contributed by atoms with van der Waals surface area (Å²) in [5, 5.41) is 5.87. The Morgan fingerprint density at radius 3 is 2.26 bits per heavy atom. The van der Waals surface area contributed by atoms with Crippen molar-refractivity contribution in [2.45, 2.75) is 26.8 Å². The summed E-state index contributed by atoms with van der Waals surface area (Å²) in [6.07, 6.45) is 0. The molecule has 1 aromatic carbocycles. The van der Waals surface area contributed by atoms with Crippen LogP contribution in [0, 0.1) is 5.92 Å². The van der Waals surface area contributed by atoms with E-state index in [1.165, 1.54) is 0 Å². The Morgan fingerprint density at radius 2 is 1.67 bits per heavy atom. The molecule has 2 atom stereocenters. The number of anilines is 2. The zero-order valence-corrected chi connectivity index (χ0v) is 16.9. The molecule has 1 aliphatic heterocycles. The topological polar surface area (TPSA) is 75.1 Å². The van der Waals surface area contributed by atoms with Gasteiger partial charge < -0.3 is 25.2 Å². The van der Waals surface area contributed by atoms with Crippen molar-refractivity contribution in [3.8, 4) is 0 Å². The molecular formula is C20H33N4O3+. The summed E-state index contributed by atoms with van der Waals surface area (Å²) in [6.45, 7) is 9.92. The minimum absolute atomic E-state index is 0.0311. The molecule has 3 N–H and O–H groups in total. The van der Waals surface area contributed by atoms with Crippen LogP contribution in [0.5, 0.6) is 0 Å². The van der Waals surface area contributed by atoms with Gasteiger partial charge in [0.05, 0.1) is 20.3 Å². The lowest BCUT2D eigenvalue weighted by molar-refractivity contribution is -0.862. The summed E-state index contributed by atoms with van der Waals surface area (Å²) in [5.41, 5.74) is 1.90. The van der Waals surface area contributed by atoms with Crippen LogP contribution in [0.25, 0.3) is 0 Å². The minimum atomic E-state index is -0.101. The van der Waals surface area contributed by atoms with Gasteiger partial charge in [0.1, 0.15) is 0 Å². The fraction of sp³-hybridized carbons (Fsp3) is 0.600. The molecule has 1 saturated heterocycles. The number of amides is 2. The summed E-state index contributed by atoms with van der Waals surface area (Å²) in [6, 6.07) is 7.98. The summed E-state index contributed by atoms with van der Waals surface area (Å²) >= 11 is 0. The van der Waals surface area contributed by atoms with Gasteiger partial charge in [0.15, 0.2) is 13.1 Å². The minimum Gasteiger partial charge on any atom is -0.378 e. The number of morpholine rings is 1. The van der Waals surface area contributed by atoms with Crippen molar-refractivity contribution in [1.29, 1.82) is 0 Å². The van der Waals surface area contributed by atoms with E-state index in [1.807, 2.05) is 38.2 Å². The van der Waals surface area contributed by atoms with E-state index in [2.05, 4.69) is 29.4 Å². The average Bonchev–Trinajstić information content (AvgIpc) is 2.62. The second kappa shape index (κ2) is 10.3. The Hall–Kier alpha value is -2.12. The van der Waals surface area contributed by atoms with Crippen molar-refractivity contribution in [3.63, 3.8) is 0 Å². The molecule has 1 unspecified atom stereocenters. The Labute approximate surface area is 162 Å². The number of hydrogen-bond acceptors (Lipinski definition) is 4. The quantitative estimate of drug-likeness (QED) is 0.602. The number of benzene rings is 1. The van der Waals surface area contributed by atoms with Gasteiger partial charge in [-0.3, -0.25) is 9.59 Å². The van der Waals surface area contributed by atoms with Gasteiger partial charge >= 0.3 is 0 Å². The molecule has 2 rings (SSSR count). The zero-order valence-electron chi connectivity index (χ0n) is 16.9. The number of carbonyl (C=O) groups is 2. The number of ether oxygens (including phenoxy) is 1. The molecule has 2 amide bonds. The summed E-state index contributed by atoms with van der Waals surface area (Å²) < 4.78 is 5.37. The number of nitrogens with one attached hydrogen (secondary N) is 3.